The minimum absolute atomic E-state index is 0.488. The summed E-state index contributed by atoms with van der Waals surface area (Å²) in [5.74, 6) is 0.714. The Bertz CT molecular complexity index is 727. The number of aromatic nitrogens is 5. The van der Waals surface area contributed by atoms with Gasteiger partial charge in [-0.2, -0.15) is 0 Å². The molecule has 100 valence electrons. The predicted molar refractivity (Wildman–Crippen MR) is 76.6 cm³/mol. The molecule has 0 unspecified atom stereocenters. The van der Waals surface area contributed by atoms with Gasteiger partial charge in [-0.15, -0.1) is 0 Å². The van der Waals surface area contributed by atoms with E-state index in [9.17, 15) is 0 Å². The Morgan fingerprint density at radius 2 is 1.90 bits per heavy atom. The number of rotatable bonds is 3. The zero-order chi connectivity index (χ0) is 13.9. The third kappa shape index (κ3) is 2.64. The molecule has 0 saturated carbocycles. The standard InChI is InChI=1S/C13H9Cl2N5/c14-9-5-10(15)12(19-6-9)8-20-4-3-18-13(20)11-7-16-1-2-17-11/h1-7H,8H2. The summed E-state index contributed by atoms with van der Waals surface area (Å²) in [6, 6.07) is 1.67. The lowest BCUT2D eigenvalue weighted by molar-refractivity contribution is 0.778. The molecule has 0 spiro atoms. The van der Waals surface area contributed by atoms with Crippen LogP contribution in [0.1, 0.15) is 5.69 Å². The van der Waals surface area contributed by atoms with E-state index in [4.69, 9.17) is 23.2 Å². The molecule has 0 aromatic carbocycles. The Morgan fingerprint density at radius 3 is 2.65 bits per heavy atom. The summed E-state index contributed by atoms with van der Waals surface area (Å²) in [5, 5.41) is 1.04. The van der Waals surface area contributed by atoms with E-state index in [2.05, 4.69) is 19.9 Å². The Kier molecular flexibility index (Phi) is 3.62. The Balaban J connectivity index is 1.95. The van der Waals surface area contributed by atoms with Crippen LogP contribution < -0.4 is 0 Å². The van der Waals surface area contributed by atoms with Crippen molar-refractivity contribution in [2.75, 3.05) is 0 Å². The number of halogens is 2. The van der Waals surface area contributed by atoms with Gasteiger partial charge >= 0.3 is 0 Å². The fourth-order valence-electron chi connectivity index (χ4n) is 1.81. The second-order valence-corrected chi connectivity index (χ2v) is 4.90. The van der Waals surface area contributed by atoms with Gasteiger partial charge in [-0.3, -0.25) is 9.97 Å². The van der Waals surface area contributed by atoms with E-state index >= 15 is 0 Å². The molecule has 0 bridgehead atoms. The highest BCUT2D eigenvalue weighted by atomic mass is 35.5. The largest absolute Gasteiger partial charge is 0.324 e. The van der Waals surface area contributed by atoms with Gasteiger partial charge < -0.3 is 4.57 Å². The number of nitrogens with zero attached hydrogens (tertiary/aromatic N) is 5. The van der Waals surface area contributed by atoms with E-state index in [-0.39, 0.29) is 0 Å². The molecule has 3 rings (SSSR count). The highest BCUT2D eigenvalue weighted by Crippen LogP contribution is 2.21. The first-order valence-corrected chi connectivity index (χ1v) is 6.57. The molecule has 3 heterocycles. The zero-order valence-corrected chi connectivity index (χ0v) is 11.8. The topological polar surface area (TPSA) is 56.5 Å². The van der Waals surface area contributed by atoms with Crippen LogP contribution >= 0.6 is 23.2 Å². The molecule has 0 amide bonds. The smallest absolute Gasteiger partial charge is 0.160 e. The van der Waals surface area contributed by atoms with Crippen molar-refractivity contribution in [3.05, 3.63) is 59.0 Å². The zero-order valence-electron chi connectivity index (χ0n) is 10.2. The number of imidazole rings is 1. The normalized spacial score (nSPS) is 10.7. The monoisotopic (exact) mass is 305 g/mol. The quantitative estimate of drug-likeness (QED) is 0.746. The molecule has 0 aliphatic rings. The summed E-state index contributed by atoms with van der Waals surface area (Å²) in [7, 11) is 0. The summed E-state index contributed by atoms with van der Waals surface area (Å²) < 4.78 is 1.91. The average Bonchev–Trinajstić information content (AvgIpc) is 2.91. The molecule has 0 atom stereocenters. The third-order valence-electron chi connectivity index (χ3n) is 2.71. The van der Waals surface area contributed by atoms with Gasteiger partial charge in [-0.05, 0) is 6.07 Å². The molecule has 0 aliphatic carbocycles. The van der Waals surface area contributed by atoms with Crippen molar-refractivity contribution in [1.29, 1.82) is 0 Å². The lowest BCUT2D eigenvalue weighted by atomic mass is 10.3. The summed E-state index contributed by atoms with van der Waals surface area (Å²) >= 11 is 12.0. The van der Waals surface area contributed by atoms with Crippen molar-refractivity contribution >= 4 is 23.2 Å². The second-order valence-electron chi connectivity index (χ2n) is 4.05. The van der Waals surface area contributed by atoms with Crippen LogP contribution in [0.2, 0.25) is 10.0 Å². The summed E-state index contributed by atoms with van der Waals surface area (Å²) in [5.41, 5.74) is 1.42. The van der Waals surface area contributed by atoms with Gasteiger partial charge in [0.25, 0.3) is 0 Å². The third-order valence-corrected chi connectivity index (χ3v) is 3.25. The van der Waals surface area contributed by atoms with Crippen LogP contribution in [0.15, 0.2) is 43.2 Å². The molecule has 0 N–H and O–H groups in total. The van der Waals surface area contributed by atoms with E-state index in [1.807, 2.05) is 10.8 Å². The van der Waals surface area contributed by atoms with Crippen LogP contribution in [0.5, 0.6) is 0 Å². The fourth-order valence-corrected chi connectivity index (χ4v) is 2.25. The molecule has 0 saturated heterocycles. The molecule has 0 fully saturated rings. The molecule has 3 aromatic rings. The van der Waals surface area contributed by atoms with E-state index in [1.165, 1.54) is 0 Å². The van der Waals surface area contributed by atoms with Gasteiger partial charge in [0.2, 0.25) is 0 Å². The van der Waals surface area contributed by atoms with Gasteiger partial charge in [0, 0.05) is 31.0 Å². The maximum atomic E-state index is 6.14. The maximum absolute atomic E-state index is 6.14. The summed E-state index contributed by atoms with van der Waals surface area (Å²) in [6.07, 6.45) is 10.0. The van der Waals surface area contributed by atoms with Crippen molar-refractivity contribution < 1.29 is 0 Å². The van der Waals surface area contributed by atoms with Gasteiger partial charge in [-0.25, -0.2) is 9.97 Å². The fraction of sp³-hybridized carbons (Fsp3) is 0.0769. The Labute approximate surface area is 125 Å². The number of hydrogen-bond donors (Lipinski definition) is 0. The van der Waals surface area contributed by atoms with E-state index in [0.717, 1.165) is 5.69 Å². The average molecular weight is 306 g/mol. The van der Waals surface area contributed by atoms with Gasteiger partial charge in [-0.1, -0.05) is 23.2 Å². The van der Waals surface area contributed by atoms with Crippen LogP contribution in [0.25, 0.3) is 11.5 Å². The van der Waals surface area contributed by atoms with Crippen molar-refractivity contribution in [2.45, 2.75) is 6.54 Å². The summed E-state index contributed by atoms with van der Waals surface area (Å²) in [4.78, 5) is 16.8. The van der Waals surface area contributed by atoms with E-state index in [0.29, 0.717) is 28.1 Å². The predicted octanol–water partition coefficient (Wildman–Crippen LogP) is 3.09. The van der Waals surface area contributed by atoms with Crippen LogP contribution in [0.4, 0.5) is 0 Å². The molecule has 0 radical (unpaired) electrons. The number of hydrogen-bond acceptors (Lipinski definition) is 4. The first kappa shape index (κ1) is 13.0. The van der Waals surface area contributed by atoms with Crippen LogP contribution in [-0.4, -0.2) is 24.5 Å². The SMILES string of the molecule is Clc1cnc(Cn2ccnc2-c2cnccn2)c(Cl)c1. The van der Waals surface area contributed by atoms with Gasteiger partial charge in [0.1, 0.15) is 5.69 Å². The Morgan fingerprint density at radius 1 is 1.00 bits per heavy atom. The molecular weight excluding hydrogens is 297 g/mol. The lowest BCUT2D eigenvalue weighted by Crippen LogP contribution is -2.04. The molecule has 3 aromatic heterocycles. The maximum Gasteiger partial charge on any atom is 0.160 e. The summed E-state index contributed by atoms with van der Waals surface area (Å²) in [6.45, 7) is 0.488. The second kappa shape index (κ2) is 5.56. The van der Waals surface area contributed by atoms with Gasteiger partial charge in [0.15, 0.2) is 5.82 Å². The molecule has 7 heteroatoms. The van der Waals surface area contributed by atoms with Crippen molar-refractivity contribution in [2.24, 2.45) is 0 Å². The highest BCUT2D eigenvalue weighted by Gasteiger charge is 2.10. The number of pyridine rings is 1. The van der Waals surface area contributed by atoms with Crippen molar-refractivity contribution in [1.82, 2.24) is 24.5 Å². The van der Waals surface area contributed by atoms with Crippen molar-refractivity contribution in [3.8, 4) is 11.5 Å². The van der Waals surface area contributed by atoms with Crippen LogP contribution in [-0.2, 0) is 6.54 Å². The van der Waals surface area contributed by atoms with Crippen LogP contribution in [0, 0.1) is 0 Å². The lowest BCUT2D eigenvalue weighted by Gasteiger charge is -2.08. The minimum Gasteiger partial charge on any atom is -0.324 e. The molecule has 0 aliphatic heterocycles. The molecule has 20 heavy (non-hydrogen) atoms. The van der Waals surface area contributed by atoms with E-state index < -0.39 is 0 Å². The van der Waals surface area contributed by atoms with Gasteiger partial charge in [0.05, 0.1) is 28.5 Å². The van der Waals surface area contributed by atoms with Crippen LogP contribution in [0.3, 0.4) is 0 Å². The first-order chi connectivity index (χ1) is 9.74. The first-order valence-electron chi connectivity index (χ1n) is 5.81. The molecular formula is C13H9Cl2N5. The van der Waals surface area contributed by atoms with E-state index in [1.54, 1.807) is 37.1 Å². The highest BCUT2D eigenvalue weighted by molar-refractivity contribution is 6.34. The Hall–Kier alpha value is -1.98. The molecule has 5 nitrogen and oxygen atoms in total. The minimum atomic E-state index is 0.488. The van der Waals surface area contributed by atoms with Crippen molar-refractivity contribution in [3.63, 3.8) is 0 Å².